The fourth-order valence-electron chi connectivity index (χ4n) is 3.28. The molecule has 0 fully saturated rings. The van der Waals surface area contributed by atoms with Crippen molar-refractivity contribution in [2.75, 3.05) is 0 Å². The molecule has 1 unspecified atom stereocenters. The SMILES string of the molecule is CC(C)(C)NC(=O)OC(C)(Cc1ccc2ccccc2c1)S(=O)(=O)c1ccccc1. The zero-order valence-electron chi connectivity index (χ0n) is 17.7. The highest BCUT2D eigenvalue weighted by Gasteiger charge is 2.44. The lowest BCUT2D eigenvalue weighted by Crippen LogP contribution is -2.49. The van der Waals surface area contributed by atoms with Crippen LogP contribution in [0.15, 0.2) is 77.7 Å². The van der Waals surface area contributed by atoms with Gasteiger partial charge in [-0.3, -0.25) is 0 Å². The molecule has 1 amide bonds. The second-order valence-corrected chi connectivity index (χ2v) is 10.9. The molecule has 30 heavy (non-hydrogen) atoms. The number of alkyl carbamates (subject to hydrolysis) is 1. The van der Waals surface area contributed by atoms with Crippen LogP contribution in [0.4, 0.5) is 4.79 Å². The van der Waals surface area contributed by atoms with E-state index in [1.807, 2.05) is 42.5 Å². The molecule has 0 saturated carbocycles. The highest BCUT2D eigenvalue weighted by Crippen LogP contribution is 2.32. The Labute approximate surface area is 178 Å². The van der Waals surface area contributed by atoms with E-state index in [0.29, 0.717) is 0 Å². The average molecular weight is 426 g/mol. The molecule has 0 heterocycles. The molecule has 3 aromatic rings. The van der Waals surface area contributed by atoms with E-state index in [9.17, 15) is 13.2 Å². The van der Waals surface area contributed by atoms with E-state index >= 15 is 0 Å². The topological polar surface area (TPSA) is 72.5 Å². The molecule has 0 aliphatic rings. The predicted molar refractivity (Wildman–Crippen MR) is 119 cm³/mol. The molecule has 158 valence electrons. The van der Waals surface area contributed by atoms with Crippen LogP contribution >= 0.6 is 0 Å². The number of carbonyl (C=O) groups excluding carboxylic acids is 1. The molecule has 5 nitrogen and oxygen atoms in total. The van der Waals surface area contributed by atoms with Crippen LogP contribution in [0.2, 0.25) is 0 Å². The molecule has 3 rings (SSSR count). The van der Waals surface area contributed by atoms with Gasteiger partial charge in [-0.05, 0) is 56.2 Å². The number of amides is 1. The molecule has 0 aromatic heterocycles. The van der Waals surface area contributed by atoms with Crippen molar-refractivity contribution in [1.82, 2.24) is 5.32 Å². The first-order chi connectivity index (χ1) is 14.0. The zero-order chi connectivity index (χ0) is 22.0. The smallest absolute Gasteiger partial charge is 0.409 e. The van der Waals surface area contributed by atoms with Crippen LogP contribution < -0.4 is 5.32 Å². The Morgan fingerprint density at radius 2 is 1.47 bits per heavy atom. The molecule has 0 saturated heterocycles. The second-order valence-electron chi connectivity index (χ2n) is 8.57. The summed E-state index contributed by atoms with van der Waals surface area (Å²) in [6, 6.07) is 21.6. The van der Waals surface area contributed by atoms with Gasteiger partial charge in [-0.2, -0.15) is 0 Å². The largest absolute Gasteiger partial charge is 0.426 e. The molecular weight excluding hydrogens is 398 g/mol. The Kier molecular flexibility index (Phi) is 5.90. The first-order valence-corrected chi connectivity index (χ1v) is 11.3. The minimum atomic E-state index is -3.99. The molecule has 0 aliphatic heterocycles. The van der Waals surface area contributed by atoms with Crippen molar-refractivity contribution >= 4 is 26.7 Å². The number of hydrogen-bond acceptors (Lipinski definition) is 4. The number of rotatable bonds is 5. The van der Waals surface area contributed by atoms with Crippen molar-refractivity contribution in [2.24, 2.45) is 0 Å². The molecule has 0 radical (unpaired) electrons. The maximum Gasteiger partial charge on any atom is 0.409 e. The van der Waals surface area contributed by atoms with Crippen molar-refractivity contribution in [3.8, 4) is 0 Å². The Bertz CT molecular complexity index is 1150. The molecule has 1 atom stereocenters. The molecule has 0 bridgehead atoms. The van der Waals surface area contributed by atoms with Crippen LogP contribution in [0.25, 0.3) is 10.8 Å². The van der Waals surface area contributed by atoms with Crippen molar-refractivity contribution in [3.63, 3.8) is 0 Å². The number of ether oxygens (including phenoxy) is 1. The summed E-state index contributed by atoms with van der Waals surface area (Å²) >= 11 is 0. The van der Waals surface area contributed by atoms with Gasteiger partial charge in [0.25, 0.3) is 0 Å². The maximum atomic E-state index is 13.5. The first kappa shape index (κ1) is 21.8. The maximum absolute atomic E-state index is 13.5. The number of hydrogen-bond donors (Lipinski definition) is 1. The average Bonchev–Trinajstić information content (AvgIpc) is 2.66. The number of carbonyl (C=O) groups is 1. The number of benzene rings is 3. The van der Waals surface area contributed by atoms with Crippen LogP contribution in [0, 0.1) is 0 Å². The Morgan fingerprint density at radius 1 is 0.867 bits per heavy atom. The molecule has 3 aromatic carbocycles. The molecule has 0 spiro atoms. The van der Waals surface area contributed by atoms with Crippen LogP contribution in [0.1, 0.15) is 33.3 Å². The number of nitrogens with one attached hydrogen (secondary N) is 1. The molecule has 1 N–H and O–H groups in total. The van der Waals surface area contributed by atoms with Gasteiger partial charge in [0.1, 0.15) is 0 Å². The van der Waals surface area contributed by atoms with Gasteiger partial charge in [-0.25, -0.2) is 13.2 Å². The summed E-state index contributed by atoms with van der Waals surface area (Å²) < 4.78 is 32.6. The zero-order valence-corrected chi connectivity index (χ0v) is 18.5. The summed E-state index contributed by atoms with van der Waals surface area (Å²) in [6.07, 6.45) is -0.752. The molecule has 0 aliphatic carbocycles. The van der Waals surface area contributed by atoms with E-state index in [2.05, 4.69) is 5.32 Å². The highest BCUT2D eigenvalue weighted by atomic mass is 32.2. The van der Waals surface area contributed by atoms with Gasteiger partial charge in [-0.1, -0.05) is 60.7 Å². The lowest BCUT2D eigenvalue weighted by Gasteiger charge is -2.31. The van der Waals surface area contributed by atoms with Gasteiger partial charge in [-0.15, -0.1) is 0 Å². The normalized spacial score (nSPS) is 14.1. The Balaban J connectivity index is 2.02. The third-order valence-corrected chi connectivity index (χ3v) is 7.00. The van der Waals surface area contributed by atoms with E-state index in [-0.39, 0.29) is 11.3 Å². The first-order valence-electron chi connectivity index (χ1n) is 9.79. The predicted octanol–water partition coefficient (Wildman–Crippen LogP) is 5.10. The Hall–Kier alpha value is -2.86. The fraction of sp³-hybridized carbons (Fsp3) is 0.292. The van der Waals surface area contributed by atoms with Gasteiger partial charge in [0.05, 0.1) is 4.90 Å². The van der Waals surface area contributed by atoms with E-state index < -0.39 is 26.4 Å². The summed E-state index contributed by atoms with van der Waals surface area (Å²) in [5, 5.41) is 4.74. The fourth-order valence-corrected chi connectivity index (χ4v) is 4.84. The standard InChI is InChI=1S/C24H27NO4S/c1-23(2,3)25-22(26)29-24(4,30(27,28)21-12-6-5-7-13-21)17-18-14-15-19-10-8-9-11-20(19)16-18/h5-16H,17H2,1-4H3,(H,25,26). The summed E-state index contributed by atoms with van der Waals surface area (Å²) in [7, 11) is -3.99. The highest BCUT2D eigenvalue weighted by molar-refractivity contribution is 7.92. The van der Waals surface area contributed by atoms with Gasteiger partial charge < -0.3 is 10.1 Å². The second kappa shape index (κ2) is 8.11. The van der Waals surface area contributed by atoms with E-state index in [4.69, 9.17) is 4.74 Å². The lowest BCUT2D eigenvalue weighted by atomic mass is 10.0. The van der Waals surface area contributed by atoms with E-state index in [1.165, 1.54) is 19.1 Å². The van der Waals surface area contributed by atoms with Crippen LogP contribution in [0.5, 0.6) is 0 Å². The summed E-state index contributed by atoms with van der Waals surface area (Å²) in [6.45, 7) is 6.87. The van der Waals surface area contributed by atoms with Gasteiger partial charge in [0, 0.05) is 12.0 Å². The van der Waals surface area contributed by atoms with Crippen molar-refractivity contribution < 1.29 is 17.9 Å². The quantitative estimate of drug-likeness (QED) is 0.617. The van der Waals surface area contributed by atoms with Gasteiger partial charge in [0.15, 0.2) is 0 Å². The number of sulfone groups is 1. The van der Waals surface area contributed by atoms with Crippen molar-refractivity contribution in [3.05, 3.63) is 78.4 Å². The summed E-state index contributed by atoms with van der Waals surface area (Å²) in [4.78, 5) is 10.9. The van der Waals surface area contributed by atoms with Crippen molar-refractivity contribution in [2.45, 2.75) is 49.5 Å². The van der Waals surface area contributed by atoms with E-state index in [1.54, 1.807) is 39.0 Å². The van der Waals surface area contributed by atoms with E-state index in [0.717, 1.165) is 16.3 Å². The number of fused-ring (bicyclic) bond motifs is 1. The van der Waals surface area contributed by atoms with Gasteiger partial charge in [0.2, 0.25) is 14.8 Å². The lowest BCUT2D eigenvalue weighted by molar-refractivity contribution is 0.0745. The van der Waals surface area contributed by atoms with Crippen LogP contribution in [0.3, 0.4) is 0 Å². The minimum absolute atomic E-state index is 0.0205. The van der Waals surface area contributed by atoms with Gasteiger partial charge >= 0.3 is 6.09 Å². The molecular formula is C24H27NO4S. The summed E-state index contributed by atoms with van der Waals surface area (Å²) in [5.74, 6) is 0. The minimum Gasteiger partial charge on any atom is -0.426 e. The monoisotopic (exact) mass is 425 g/mol. The van der Waals surface area contributed by atoms with Crippen LogP contribution in [-0.4, -0.2) is 25.0 Å². The Morgan fingerprint density at radius 3 is 2.10 bits per heavy atom. The molecule has 6 heteroatoms. The third-order valence-electron chi connectivity index (χ3n) is 4.75. The third kappa shape index (κ3) is 4.82. The van der Waals surface area contributed by atoms with Crippen molar-refractivity contribution in [1.29, 1.82) is 0 Å². The van der Waals surface area contributed by atoms with Crippen LogP contribution in [-0.2, 0) is 21.0 Å². The summed E-state index contributed by atoms with van der Waals surface area (Å²) in [5.41, 5.74) is 0.205.